The van der Waals surface area contributed by atoms with E-state index in [1.165, 1.54) is 0 Å². The molecule has 2 N–H and O–H groups in total. The number of ether oxygens (including phenoxy) is 3. The summed E-state index contributed by atoms with van der Waals surface area (Å²) in [5, 5.41) is 0.767. The highest BCUT2D eigenvalue weighted by Gasteiger charge is 2.18. The van der Waals surface area contributed by atoms with Crippen molar-refractivity contribution >= 4 is 16.7 Å². The summed E-state index contributed by atoms with van der Waals surface area (Å²) in [4.78, 5) is 13.2. The van der Waals surface area contributed by atoms with Crippen molar-refractivity contribution in [3.8, 4) is 28.4 Å². The smallest absolute Gasteiger partial charge is 0.344 e. The van der Waals surface area contributed by atoms with Gasteiger partial charge in [0.05, 0.1) is 12.7 Å². The van der Waals surface area contributed by atoms with Crippen molar-refractivity contribution in [2.24, 2.45) is 0 Å². The topological polar surface area (TPSA) is 83.9 Å². The lowest BCUT2D eigenvalue weighted by atomic mass is 9.98. The molecule has 6 nitrogen and oxygen atoms in total. The molecule has 180 valence electrons. The second kappa shape index (κ2) is 10.3. The Labute approximate surface area is 208 Å². The van der Waals surface area contributed by atoms with Crippen LogP contribution in [0.15, 0.2) is 106 Å². The number of anilines is 1. The highest BCUT2D eigenvalue weighted by atomic mass is 16.5. The van der Waals surface area contributed by atoms with Gasteiger partial charge in [-0.15, -0.1) is 0 Å². The first-order chi connectivity index (χ1) is 17.6. The molecule has 0 spiro atoms. The van der Waals surface area contributed by atoms with E-state index >= 15 is 0 Å². The first kappa shape index (κ1) is 23.1. The van der Waals surface area contributed by atoms with E-state index < -0.39 is 5.63 Å². The van der Waals surface area contributed by atoms with E-state index in [0.29, 0.717) is 46.3 Å². The van der Waals surface area contributed by atoms with Crippen LogP contribution in [-0.2, 0) is 13.2 Å². The first-order valence-electron chi connectivity index (χ1n) is 11.5. The summed E-state index contributed by atoms with van der Waals surface area (Å²) in [6.45, 7) is 0.575. The number of fused-ring (bicyclic) bond motifs is 1. The molecule has 0 aliphatic rings. The van der Waals surface area contributed by atoms with Gasteiger partial charge in [0.2, 0.25) is 0 Å². The van der Waals surface area contributed by atoms with E-state index in [-0.39, 0.29) is 6.61 Å². The summed E-state index contributed by atoms with van der Waals surface area (Å²) in [5.41, 5.74) is 9.34. The predicted octanol–water partition coefficient (Wildman–Crippen LogP) is 6.21. The molecule has 1 heterocycles. The maximum atomic E-state index is 13.2. The van der Waals surface area contributed by atoms with Crippen molar-refractivity contribution in [1.82, 2.24) is 0 Å². The molecule has 4 aromatic carbocycles. The molecule has 0 bridgehead atoms. The molecule has 0 saturated heterocycles. The largest absolute Gasteiger partial charge is 0.497 e. The SMILES string of the molecule is COc1ccc(-c2c(COc3ccc(N)cc3)c3ccc(OCc4ccccc4)cc3oc2=O)cc1. The van der Waals surface area contributed by atoms with Gasteiger partial charge >= 0.3 is 5.63 Å². The molecule has 1 aromatic heterocycles. The Morgan fingerprint density at radius 3 is 2.14 bits per heavy atom. The van der Waals surface area contributed by atoms with E-state index in [2.05, 4.69) is 0 Å². The lowest BCUT2D eigenvalue weighted by Gasteiger charge is -2.14. The molecular formula is C30H25NO5. The number of rotatable bonds is 8. The third kappa shape index (κ3) is 5.03. The highest BCUT2D eigenvalue weighted by molar-refractivity contribution is 5.87. The minimum atomic E-state index is -0.455. The Kier molecular flexibility index (Phi) is 6.58. The summed E-state index contributed by atoms with van der Waals surface area (Å²) in [6, 6.07) is 29.8. The van der Waals surface area contributed by atoms with E-state index in [0.717, 1.165) is 16.5 Å². The summed E-state index contributed by atoms with van der Waals surface area (Å²) in [5.74, 6) is 1.95. The van der Waals surface area contributed by atoms with Crippen molar-refractivity contribution in [3.63, 3.8) is 0 Å². The zero-order chi connectivity index (χ0) is 24.9. The van der Waals surface area contributed by atoms with Crippen LogP contribution >= 0.6 is 0 Å². The average molecular weight is 480 g/mol. The van der Waals surface area contributed by atoms with E-state index in [4.69, 9.17) is 24.4 Å². The summed E-state index contributed by atoms with van der Waals surface area (Å²) in [7, 11) is 1.60. The maximum Gasteiger partial charge on any atom is 0.344 e. The second-order valence-corrected chi connectivity index (χ2v) is 8.26. The van der Waals surface area contributed by atoms with Gasteiger partial charge in [-0.1, -0.05) is 42.5 Å². The minimum absolute atomic E-state index is 0.164. The Bertz CT molecular complexity index is 1530. The van der Waals surface area contributed by atoms with Crippen molar-refractivity contribution in [2.45, 2.75) is 13.2 Å². The fourth-order valence-corrected chi connectivity index (χ4v) is 4.00. The van der Waals surface area contributed by atoms with E-state index in [1.54, 1.807) is 37.4 Å². The molecule has 0 saturated carbocycles. The van der Waals surface area contributed by atoms with Gasteiger partial charge in [0, 0.05) is 22.7 Å². The fraction of sp³-hybridized carbons (Fsp3) is 0.100. The normalized spacial score (nSPS) is 10.8. The number of methoxy groups -OCH3 is 1. The van der Waals surface area contributed by atoms with Crippen LogP contribution in [0, 0.1) is 0 Å². The molecular weight excluding hydrogens is 454 g/mol. The molecule has 0 aliphatic carbocycles. The molecule has 0 radical (unpaired) electrons. The van der Waals surface area contributed by atoms with Gasteiger partial charge in [0.15, 0.2) is 0 Å². The van der Waals surface area contributed by atoms with Crippen LogP contribution in [0.5, 0.6) is 17.2 Å². The molecule has 0 unspecified atom stereocenters. The van der Waals surface area contributed by atoms with Crippen LogP contribution in [0.3, 0.4) is 0 Å². The Morgan fingerprint density at radius 1 is 0.750 bits per heavy atom. The quantitative estimate of drug-likeness (QED) is 0.210. The van der Waals surface area contributed by atoms with Gasteiger partial charge in [-0.3, -0.25) is 0 Å². The van der Waals surface area contributed by atoms with Crippen LogP contribution in [0.2, 0.25) is 0 Å². The standard InChI is InChI=1S/C30H25NO5/c1-33-23-11-7-21(8-12-23)29-27(19-35-24-13-9-22(31)10-14-24)26-16-15-25(17-28(26)36-30(29)32)34-18-20-5-3-2-4-6-20/h2-17H,18-19,31H2,1H3. The zero-order valence-corrected chi connectivity index (χ0v) is 19.8. The lowest BCUT2D eigenvalue weighted by Crippen LogP contribution is -2.10. The molecule has 36 heavy (non-hydrogen) atoms. The Balaban J connectivity index is 1.54. The molecule has 0 amide bonds. The van der Waals surface area contributed by atoms with E-state index in [1.807, 2.05) is 66.7 Å². The third-order valence-electron chi connectivity index (χ3n) is 5.88. The monoisotopic (exact) mass is 479 g/mol. The van der Waals surface area contributed by atoms with E-state index in [9.17, 15) is 4.79 Å². The molecule has 5 rings (SSSR count). The minimum Gasteiger partial charge on any atom is -0.497 e. The van der Waals surface area contributed by atoms with Crippen LogP contribution in [0.25, 0.3) is 22.1 Å². The predicted molar refractivity (Wildman–Crippen MR) is 140 cm³/mol. The highest BCUT2D eigenvalue weighted by Crippen LogP contribution is 2.32. The fourth-order valence-electron chi connectivity index (χ4n) is 4.00. The first-order valence-corrected chi connectivity index (χ1v) is 11.5. The molecule has 0 fully saturated rings. The summed E-state index contributed by atoms with van der Waals surface area (Å²) in [6.07, 6.45) is 0. The molecule has 6 heteroatoms. The van der Waals surface area contributed by atoms with Gasteiger partial charge in [0.25, 0.3) is 0 Å². The van der Waals surface area contributed by atoms with Gasteiger partial charge in [-0.25, -0.2) is 4.79 Å². The van der Waals surface area contributed by atoms with Crippen LogP contribution in [-0.4, -0.2) is 7.11 Å². The van der Waals surface area contributed by atoms with Gasteiger partial charge < -0.3 is 24.4 Å². The summed E-state index contributed by atoms with van der Waals surface area (Å²) < 4.78 is 23.0. The number of hydrogen-bond acceptors (Lipinski definition) is 6. The van der Waals surface area contributed by atoms with Crippen LogP contribution in [0.1, 0.15) is 11.1 Å². The Hall–Kier alpha value is -4.71. The summed E-state index contributed by atoms with van der Waals surface area (Å²) >= 11 is 0. The third-order valence-corrected chi connectivity index (χ3v) is 5.88. The van der Waals surface area contributed by atoms with Crippen molar-refractivity contribution in [3.05, 3.63) is 119 Å². The number of benzene rings is 4. The van der Waals surface area contributed by atoms with Crippen molar-refractivity contribution < 1.29 is 18.6 Å². The van der Waals surface area contributed by atoms with Crippen molar-refractivity contribution in [2.75, 3.05) is 12.8 Å². The molecule has 0 aliphatic heterocycles. The molecule has 0 atom stereocenters. The molecule has 5 aromatic rings. The van der Waals surface area contributed by atoms with Gasteiger partial charge in [-0.2, -0.15) is 0 Å². The van der Waals surface area contributed by atoms with Crippen LogP contribution < -0.4 is 25.6 Å². The number of nitrogens with two attached hydrogens (primary N) is 1. The number of nitrogen functional groups attached to an aromatic ring is 1. The van der Waals surface area contributed by atoms with Crippen molar-refractivity contribution in [1.29, 1.82) is 0 Å². The maximum absolute atomic E-state index is 13.2. The van der Waals surface area contributed by atoms with Crippen LogP contribution in [0.4, 0.5) is 5.69 Å². The van der Waals surface area contributed by atoms with Gasteiger partial charge in [0.1, 0.15) is 36.0 Å². The average Bonchev–Trinajstić information content (AvgIpc) is 2.92. The number of hydrogen-bond donors (Lipinski definition) is 1. The lowest BCUT2D eigenvalue weighted by molar-refractivity contribution is 0.304. The second-order valence-electron chi connectivity index (χ2n) is 8.26. The zero-order valence-electron chi connectivity index (χ0n) is 19.8. The Morgan fingerprint density at radius 2 is 1.42 bits per heavy atom. The van der Waals surface area contributed by atoms with Gasteiger partial charge in [-0.05, 0) is 59.7 Å².